The molecule has 3 heteroatoms. The van der Waals surface area contributed by atoms with Crippen LogP contribution in [-0.4, -0.2) is 35.6 Å². The molecule has 86 valence electrons. The van der Waals surface area contributed by atoms with Crippen LogP contribution in [0.5, 0.6) is 0 Å². The Hall–Kier alpha value is -0.700. The first kappa shape index (κ1) is 10.8. The van der Waals surface area contributed by atoms with Crippen molar-refractivity contribution in [3.63, 3.8) is 0 Å². The Morgan fingerprint density at radius 2 is 1.87 bits per heavy atom. The molecule has 2 rings (SSSR count). The van der Waals surface area contributed by atoms with E-state index in [1.54, 1.807) is 0 Å². The van der Waals surface area contributed by atoms with Crippen LogP contribution in [0, 0.1) is 0 Å². The SMILES string of the molecule is C=C1NCC2(CCN(C(C)(C)C)CC2)N1. The maximum absolute atomic E-state index is 3.94. The van der Waals surface area contributed by atoms with Gasteiger partial charge in [-0.05, 0) is 33.6 Å². The van der Waals surface area contributed by atoms with Gasteiger partial charge in [0.15, 0.2) is 0 Å². The monoisotopic (exact) mass is 209 g/mol. The largest absolute Gasteiger partial charge is 0.370 e. The van der Waals surface area contributed by atoms with Crippen LogP contribution in [0.25, 0.3) is 0 Å². The fourth-order valence-corrected chi connectivity index (χ4v) is 2.59. The smallest absolute Gasteiger partial charge is 0.0918 e. The minimum atomic E-state index is 0.291. The van der Waals surface area contributed by atoms with Crippen molar-refractivity contribution in [1.29, 1.82) is 0 Å². The molecular weight excluding hydrogens is 186 g/mol. The minimum absolute atomic E-state index is 0.291. The summed E-state index contributed by atoms with van der Waals surface area (Å²) in [5.74, 6) is 0.999. The molecule has 2 N–H and O–H groups in total. The van der Waals surface area contributed by atoms with Gasteiger partial charge >= 0.3 is 0 Å². The molecule has 0 saturated carbocycles. The summed E-state index contributed by atoms with van der Waals surface area (Å²) in [6, 6.07) is 0. The summed E-state index contributed by atoms with van der Waals surface area (Å²) in [6.07, 6.45) is 2.44. The van der Waals surface area contributed by atoms with Crippen LogP contribution >= 0.6 is 0 Å². The molecule has 2 aliphatic heterocycles. The van der Waals surface area contributed by atoms with E-state index in [0.29, 0.717) is 11.1 Å². The summed E-state index contributed by atoms with van der Waals surface area (Å²) in [6.45, 7) is 14.2. The molecule has 0 radical (unpaired) electrons. The van der Waals surface area contributed by atoms with Crippen LogP contribution in [-0.2, 0) is 0 Å². The zero-order valence-electron chi connectivity index (χ0n) is 10.2. The third kappa shape index (κ3) is 2.12. The first-order valence-corrected chi connectivity index (χ1v) is 5.87. The van der Waals surface area contributed by atoms with Gasteiger partial charge in [0.2, 0.25) is 0 Å². The predicted molar refractivity (Wildman–Crippen MR) is 63.6 cm³/mol. The third-order valence-electron chi connectivity index (χ3n) is 3.73. The average Bonchev–Trinajstić information content (AvgIpc) is 2.47. The predicted octanol–water partition coefficient (Wildman–Crippen LogP) is 1.28. The lowest BCUT2D eigenvalue weighted by atomic mass is 9.86. The van der Waals surface area contributed by atoms with Gasteiger partial charge in [0.05, 0.1) is 11.4 Å². The van der Waals surface area contributed by atoms with E-state index in [4.69, 9.17) is 0 Å². The molecule has 0 aromatic carbocycles. The summed E-state index contributed by atoms with van der Waals surface area (Å²) in [7, 11) is 0. The summed E-state index contributed by atoms with van der Waals surface area (Å²) < 4.78 is 0. The number of likely N-dealkylation sites (tertiary alicyclic amines) is 1. The zero-order valence-corrected chi connectivity index (χ0v) is 10.2. The van der Waals surface area contributed by atoms with Gasteiger partial charge in [-0.15, -0.1) is 0 Å². The molecule has 0 aliphatic carbocycles. The molecule has 0 unspecified atom stereocenters. The topological polar surface area (TPSA) is 27.3 Å². The Morgan fingerprint density at radius 1 is 1.27 bits per heavy atom. The Labute approximate surface area is 92.9 Å². The first-order chi connectivity index (χ1) is 6.91. The van der Waals surface area contributed by atoms with E-state index in [1.165, 1.54) is 25.9 Å². The second kappa shape index (κ2) is 3.41. The summed E-state index contributed by atoms with van der Waals surface area (Å²) >= 11 is 0. The first-order valence-electron chi connectivity index (χ1n) is 5.87. The van der Waals surface area contributed by atoms with Crippen LogP contribution in [0.4, 0.5) is 0 Å². The number of hydrogen-bond acceptors (Lipinski definition) is 3. The molecule has 2 heterocycles. The quantitative estimate of drug-likeness (QED) is 0.629. The van der Waals surface area contributed by atoms with E-state index >= 15 is 0 Å². The molecule has 0 aromatic heterocycles. The maximum Gasteiger partial charge on any atom is 0.0918 e. The van der Waals surface area contributed by atoms with Gasteiger partial charge in [0.25, 0.3) is 0 Å². The number of piperidine rings is 1. The molecule has 3 nitrogen and oxygen atoms in total. The second-order valence-electron chi connectivity index (χ2n) is 5.90. The molecule has 0 amide bonds. The highest BCUT2D eigenvalue weighted by atomic mass is 15.3. The maximum atomic E-state index is 3.94. The summed E-state index contributed by atoms with van der Waals surface area (Å²) in [5.41, 5.74) is 0.601. The average molecular weight is 209 g/mol. The summed E-state index contributed by atoms with van der Waals surface area (Å²) in [5, 5.41) is 6.82. The number of hydrogen-bond donors (Lipinski definition) is 2. The van der Waals surface area contributed by atoms with Gasteiger partial charge in [-0.1, -0.05) is 6.58 Å². The molecule has 2 fully saturated rings. The van der Waals surface area contributed by atoms with Gasteiger partial charge < -0.3 is 10.6 Å². The van der Waals surface area contributed by atoms with Crippen molar-refractivity contribution < 1.29 is 0 Å². The molecule has 15 heavy (non-hydrogen) atoms. The van der Waals surface area contributed by atoms with E-state index in [9.17, 15) is 0 Å². The molecule has 2 aliphatic rings. The standard InChI is InChI=1S/C12H23N3/c1-10-13-9-12(14-10)5-7-15(8-6-12)11(2,3)4/h13-14H,1,5-9H2,2-4H3. The zero-order chi connectivity index (χ0) is 11.1. The fourth-order valence-electron chi connectivity index (χ4n) is 2.59. The van der Waals surface area contributed by atoms with Crippen molar-refractivity contribution in [2.45, 2.75) is 44.7 Å². The Balaban J connectivity index is 1.95. The van der Waals surface area contributed by atoms with Gasteiger partial charge in [-0.25, -0.2) is 0 Å². The Morgan fingerprint density at radius 3 is 2.27 bits per heavy atom. The minimum Gasteiger partial charge on any atom is -0.370 e. The number of rotatable bonds is 0. The van der Waals surface area contributed by atoms with Crippen LogP contribution in [0.15, 0.2) is 12.4 Å². The van der Waals surface area contributed by atoms with Crippen molar-refractivity contribution in [2.24, 2.45) is 0 Å². The van der Waals surface area contributed by atoms with Crippen molar-refractivity contribution in [3.05, 3.63) is 12.4 Å². The molecular formula is C12H23N3. The normalized spacial score (nSPS) is 26.5. The summed E-state index contributed by atoms with van der Waals surface area (Å²) in [4.78, 5) is 2.57. The van der Waals surface area contributed by atoms with E-state index in [-0.39, 0.29) is 0 Å². The van der Waals surface area contributed by atoms with Gasteiger partial charge in [0.1, 0.15) is 0 Å². The molecule has 0 aromatic rings. The molecule has 1 spiro atoms. The van der Waals surface area contributed by atoms with E-state index in [0.717, 1.165) is 12.4 Å². The van der Waals surface area contributed by atoms with Crippen LogP contribution in [0.3, 0.4) is 0 Å². The van der Waals surface area contributed by atoms with Crippen molar-refractivity contribution in [2.75, 3.05) is 19.6 Å². The van der Waals surface area contributed by atoms with E-state index < -0.39 is 0 Å². The second-order valence-corrected chi connectivity index (χ2v) is 5.90. The van der Waals surface area contributed by atoms with Crippen LogP contribution in [0.2, 0.25) is 0 Å². The number of nitrogens with zero attached hydrogens (tertiary/aromatic N) is 1. The van der Waals surface area contributed by atoms with Gasteiger partial charge in [0, 0.05) is 25.2 Å². The van der Waals surface area contributed by atoms with Crippen molar-refractivity contribution >= 4 is 0 Å². The highest BCUT2D eigenvalue weighted by molar-refractivity contribution is 5.11. The molecule has 0 bridgehead atoms. The third-order valence-corrected chi connectivity index (χ3v) is 3.73. The lowest BCUT2D eigenvalue weighted by molar-refractivity contribution is 0.0746. The highest BCUT2D eigenvalue weighted by Gasteiger charge is 2.40. The Kier molecular flexibility index (Phi) is 2.45. The molecule has 0 atom stereocenters. The van der Waals surface area contributed by atoms with Gasteiger partial charge in [-0.3, -0.25) is 4.90 Å². The molecule has 2 saturated heterocycles. The number of nitrogens with one attached hydrogen (secondary N) is 2. The highest BCUT2D eigenvalue weighted by Crippen LogP contribution is 2.29. The van der Waals surface area contributed by atoms with E-state index in [2.05, 4.69) is 42.9 Å². The fraction of sp³-hybridized carbons (Fsp3) is 0.833. The van der Waals surface area contributed by atoms with Crippen molar-refractivity contribution in [1.82, 2.24) is 15.5 Å². The van der Waals surface area contributed by atoms with Gasteiger partial charge in [-0.2, -0.15) is 0 Å². The Bertz CT molecular complexity index is 257. The van der Waals surface area contributed by atoms with Crippen molar-refractivity contribution in [3.8, 4) is 0 Å². The lowest BCUT2D eigenvalue weighted by Crippen LogP contribution is -2.55. The lowest BCUT2D eigenvalue weighted by Gasteiger charge is -2.44. The van der Waals surface area contributed by atoms with Crippen LogP contribution < -0.4 is 10.6 Å². The van der Waals surface area contributed by atoms with E-state index in [1.807, 2.05) is 0 Å². The van der Waals surface area contributed by atoms with Crippen LogP contribution in [0.1, 0.15) is 33.6 Å².